The molecule has 30 heavy (non-hydrogen) atoms. The van der Waals surface area contributed by atoms with Crippen molar-refractivity contribution in [1.29, 1.82) is 0 Å². The van der Waals surface area contributed by atoms with Crippen molar-refractivity contribution in [3.63, 3.8) is 0 Å². The van der Waals surface area contributed by atoms with Gasteiger partial charge >= 0.3 is 0 Å². The summed E-state index contributed by atoms with van der Waals surface area (Å²) in [6.45, 7) is 2.09. The van der Waals surface area contributed by atoms with Crippen molar-refractivity contribution in [3.05, 3.63) is 64.2 Å². The van der Waals surface area contributed by atoms with E-state index in [1.54, 1.807) is 4.52 Å². The standard InChI is InChI=1S/C21H14Cl2FN5S/c1-2-5-19-26-27-21-29(19)28-20(30-21)12-9-18(25-17-7-4-3-6-11(12)17)13-8-16(24)15(23)10-14(13)22/h3-4,6-10H,2,5H2,1H3. The minimum atomic E-state index is -0.546. The van der Waals surface area contributed by atoms with Gasteiger partial charge in [0.1, 0.15) is 10.8 Å². The van der Waals surface area contributed by atoms with E-state index in [-0.39, 0.29) is 5.02 Å². The highest BCUT2D eigenvalue weighted by Gasteiger charge is 2.18. The molecule has 0 aliphatic carbocycles. The Labute approximate surface area is 185 Å². The fourth-order valence-electron chi connectivity index (χ4n) is 3.35. The molecule has 0 saturated carbocycles. The van der Waals surface area contributed by atoms with Gasteiger partial charge in [-0.25, -0.2) is 9.37 Å². The number of fused-ring (bicyclic) bond motifs is 2. The lowest BCUT2D eigenvalue weighted by molar-refractivity contribution is 0.628. The highest BCUT2D eigenvalue weighted by molar-refractivity contribution is 7.19. The van der Waals surface area contributed by atoms with Crippen molar-refractivity contribution in [1.82, 2.24) is 24.8 Å². The molecule has 0 unspecified atom stereocenters. The van der Waals surface area contributed by atoms with E-state index in [4.69, 9.17) is 33.3 Å². The van der Waals surface area contributed by atoms with Crippen molar-refractivity contribution in [2.24, 2.45) is 0 Å². The monoisotopic (exact) mass is 457 g/mol. The van der Waals surface area contributed by atoms with Gasteiger partial charge in [0.2, 0.25) is 4.96 Å². The van der Waals surface area contributed by atoms with Gasteiger partial charge in [-0.15, -0.1) is 10.2 Å². The van der Waals surface area contributed by atoms with Gasteiger partial charge in [0.25, 0.3) is 0 Å². The van der Waals surface area contributed by atoms with Crippen LogP contribution in [0.25, 0.3) is 37.7 Å². The third kappa shape index (κ3) is 3.23. The third-order valence-electron chi connectivity index (χ3n) is 4.76. The highest BCUT2D eigenvalue weighted by Crippen LogP contribution is 2.37. The molecule has 9 heteroatoms. The van der Waals surface area contributed by atoms with Crippen molar-refractivity contribution in [3.8, 4) is 21.8 Å². The Kier molecular flexibility index (Phi) is 4.89. The molecule has 150 valence electrons. The zero-order valence-electron chi connectivity index (χ0n) is 15.7. The molecule has 3 aromatic heterocycles. The van der Waals surface area contributed by atoms with Crippen LogP contribution in [-0.4, -0.2) is 24.8 Å². The van der Waals surface area contributed by atoms with Gasteiger partial charge in [0, 0.05) is 22.9 Å². The predicted molar refractivity (Wildman–Crippen MR) is 119 cm³/mol. The lowest BCUT2D eigenvalue weighted by Crippen LogP contribution is -1.96. The first-order valence-corrected chi connectivity index (χ1v) is 10.9. The van der Waals surface area contributed by atoms with Gasteiger partial charge in [0.05, 0.1) is 21.3 Å². The second-order valence-electron chi connectivity index (χ2n) is 6.79. The molecule has 0 atom stereocenters. The highest BCUT2D eigenvalue weighted by atomic mass is 35.5. The maximum absolute atomic E-state index is 14.1. The van der Waals surface area contributed by atoms with E-state index >= 15 is 0 Å². The molecule has 0 N–H and O–H groups in total. The lowest BCUT2D eigenvalue weighted by Gasteiger charge is -2.10. The average molecular weight is 458 g/mol. The van der Waals surface area contributed by atoms with Gasteiger partial charge in [-0.3, -0.25) is 0 Å². The molecular formula is C21H14Cl2FN5S. The van der Waals surface area contributed by atoms with E-state index < -0.39 is 5.82 Å². The topological polar surface area (TPSA) is 56.0 Å². The van der Waals surface area contributed by atoms with Crippen LogP contribution in [0.5, 0.6) is 0 Å². The van der Waals surface area contributed by atoms with Crippen LogP contribution in [0.4, 0.5) is 4.39 Å². The van der Waals surface area contributed by atoms with E-state index in [9.17, 15) is 4.39 Å². The maximum Gasteiger partial charge on any atom is 0.234 e. The van der Waals surface area contributed by atoms with Gasteiger partial charge < -0.3 is 0 Å². The number of benzene rings is 2. The first-order chi connectivity index (χ1) is 14.5. The smallest absolute Gasteiger partial charge is 0.234 e. The molecule has 5 nitrogen and oxygen atoms in total. The summed E-state index contributed by atoms with van der Waals surface area (Å²) in [5.74, 6) is 0.284. The summed E-state index contributed by atoms with van der Waals surface area (Å²) in [6, 6.07) is 12.3. The number of pyridine rings is 1. The summed E-state index contributed by atoms with van der Waals surface area (Å²) in [5, 5.41) is 15.2. The Morgan fingerprint density at radius 3 is 2.70 bits per heavy atom. The Hall–Kier alpha value is -2.61. The Morgan fingerprint density at radius 2 is 1.87 bits per heavy atom. The van der Waals surface area contributed by atoms with Crippen LogP contribution in [0, 0.1) is 5.82 Å². The summed E-state index contributed by atoms with van der Waals surface area (Å²) in [7, 11) is 0. The fraction of sp³-hybridized carbons (Fsp3) is 0.143. The van der Waals surface area contributed by atoms with Crippen molar-refractivity contribution in [2.45, 2.75) is 19.8 Å². The van der Waals surface area contributed by atoms with Crippen molar-refractivity contribution in [2.75, 3.05) is 0 Å². The molecule has 5 aromatic rings. The molecule has 0 saturated heterocycles. The fourth-order valence-corrected chi connectivity index (χ4v) is 4.72. The Bertz CT molecular complexity index is 1410. The number of aromatic nitrogens is 5. The number of hydrogen-bond donors (Lipinski definition) is 0. The lowest BCUT2D eigenvalue weighted by atomic mass is 10.0. The molecule has 0 bridgehead atoms. The average Bonchev–Trinajstić information content (AvgIpc) is 3.32. The van der Waals surface area contributed by atoms with Gasteiger partial charge in [-0.05, 0) is 30.7 Å². The third-order valence-corrected chi connectivity index (χ3v) is 6.30. The maximum atomic E-state index is 14.1. The first kappa shape index (κ1) is 19.4. The first-order valence-electron chi connectivity index (χ1n) is 9.31. The normalized spacial score (nSPS) is 11.6. The number of hydrogen-bond acceptors (Lipinski definition) is 5. The van der Waals surface area contributed by atoms with Gasteiger partial charge in [-0.1, -0.05) is 59.7 Å². The molecule has 0 spiro atoms. The summed E-state index contributed by atoms with van der Waals surface area (Å²) in [6.07, 6.45) is 1.75. The summed E-state index contributed by atoms with van der Waals surface area (Å²) < 4.78 is 15.9. The largest absolute Gasteiger partial charge is 0.248 e. The Balaban J connectivity index is 1.75. The van der Waals surface area contributed by atoms with Crippen LogP contribution in [0.3, 0.4) is 0 Å². The summed E-state index contributed by atoms with van der Waals surface area (Å²) in [4.78, 5) is 5.43. The van der Waals surface area contributed by atoms with Crippen molar-refractivity contribution < 1.29 is 4.39 Å². The molecule has 0 fully saturated rings. The van der Waals surface area contributed by atoms with Crippen LogP contribution >= 0.6 is 34.5 Å². The Morgan fingerprint density at radius 1 is 1.03 bits per heavy atom. The molecule has 3 heterocycles. The summed E-state index contributed by atoms with van der Waals surface area (Å²) >= 11 is 13.7. The molecular weight excluding hydrogens is 444 g/mol. The van der Waals surface area contributed by atoms with Crippen LogP contribution in [0.2, 0.25) is 10.0 Å². The zero-order chi connectivity index (χ0) is 20.8. The number of aryl methyl sites for hydroxylation is 1. The molecule has 2 aromatic carbocycles. The van der Waals surface area contributed by atoms with E-state index in [0.29, 0.717) is 16.3 Å². The molecule has 0 aliphatic rings. The minimum absolute atomic E-state index is 0.0261. The summed E-state index contributed by atoms with van der Waals surface area (Å²) in [5.41, 5.74) is 2.65. The predicted octanol–water partition coefficient (Wildman–Crippen LogP) is 6.47. The van der Waals surface area contributed by atoms with E-state index in [0.717, 1.165) is 45.1 Å². The molecule has 0 amide bonds. The van der Waals surface area contributed by atoms with Crippen LogP contribution in [0.1, 0.15) is 19.2 Å². The van der Waals surface area contributed by atoms with E-state index in [2.05, 4.69) is 17.1 Å². The number of halogens is 3. The minimum Gasteiger partial charge on any atom is -0.248 e. The SMILES string of the molecule is CCCc1nnc2sc(-c3cc(-c4cc(F)c(Cl)cc4Cl)nc4ccccc34)nn12. The number of para-hydroxylation sites is 1. The van der Waals surface area contributed by atoms with E-state index in [1.807, 2.05) is 30.3 Å². The van der Waals surface area contributed by atoms with E-state index in [1.165, 1.54) is 23.5 Å². The van der Waals surface area contributed by atoms with Gasteiger partial charge in [-0.2, -0.15) is 9.61 Å². The zero-order valence-corrected chi connectivity index (χ0v) is 18.1. The number of nitrogens with zero attached hydrogens (tertiary/aromatic N) is 5. The quantitative estimate of drug-likeness (QED) is 0.290. The van der Waals surface area contributed by atoms with Crippen LogP contribution < -0.4 is 0 Å². The second-order valence-corrected chi connectivity index (χ2v) is 8.56. The van der Waals surface area contributed by atoms with Crippen LogP contribution in [-0.2, 0) is 6.42 Å². The van der Waals surface area contributed by atoms with Crippen molar-refractivity contribution >= 4 is 50.4 Å². The van der Waals surface area contributed by atoms with Gasteiger partial charge in [0.15, 0.2) is 5.82 Å². The van der Waals surface area contributed by atoms with Crippen LogP contribution in [0.15, 0.2) is 42.5 Å². The molecule has 0 aliphatic heterocycles. The molecule has 5 rings (SSSR count). The molecule has 0 radical (unpaired) electrons. The number of rotatable bonds is 4. The second kappa shape index (κ2) is 7.58.